The Hall–Kier alpha value is -3.13. The summed E-state index contributed by atoms with van der Waals surface area (Å²) in [7, 11) is 1.57. The van der Waals surface area contributed by atoms with Gasteiger partial charge < -0.3 is 19.9 Å². The fraction of sp³-hybridized carbons (Fsp3) is 0.364. The molecule has 0 bridgehead atoms. The zero-order valence-corrected chi connectivity index (χ0v) is 17.1. The summed E-state index contributed by atoms with van der Waals surface area (Å²) in [5.41, 5.74) is 1.21. The normalized spacial score (nSPS) is 14.2. The zero-order valence-electron chi connectivity index (χ0n) is 17.1. The molecule has 0 radical (unpaired) electrons. The Morgan fingerprint density at radius 3 is 2.73 bits per heavy atom. The van der Waals surface area contributed by atoms with Crippen LogP contribution in [0.5, 0.6) is 17.2 Å². The number of benzene rings is 2. The molecule has 30 heavy (non-hydrogen) atoms. The number of rotatable bonds is 7. The maximum atomic E-state index is 14.3. The van der Waals surface area contributed by atoms with Gasteiger partial charge in [0.05, 0.1) is 18.3 Å². The number of phenols is 1. The molecule has 8 heteroatoms. The maximum absolute atomic E-state index is 14.3. The number of halogens is 1. The van der Waals surface area contributed by atoms with Gasteiger partial charge in [0.2, 0.25) is 0 Å². The highest BCUT2D eigenvalue weighted by atomic mass is 19.1. The number of aromatic nitrogens is 2. The van der Waals surface area contributed by atoms with Crippen molar-refractivity contribution in [3.05, 3.63) is 42.0 Å². The van der Waals surface area contributed by atoms with Crippen molar-refractivity contribution < 1.29 is 19.0 Å². The molecular weight excluding hydrogens is 387 g/mol. The number of aromatic hydroxyl groups is 1. The largest absolute Gasteiger partial charge is 0.508 e. The van der Waals surface area contributed by atoms with Crippen LogP contribution in [0, 0.1) is 12.7 Å². The molecular formula is C22H25FN4O3. The second-order valence-electron chi connectivity index (χ2n) is 7.33. The van der Waals surface area contributed by atoms with Crippen molar-refractivity contribution in [2.45, 2.75) is 19.8 Å². The van der Waals surface area contributed by atoms with Crippen molar-refractivity contribution in [2.75, 3.05) is 38.7 Å². The number of likely N-dealkylation sites (tertiary alicyclic amines) is 1. The maximum Gasteiger partial charge on any atom is 0.163 e. The molecule has 2 aromatic carbocycles. The van der Waals surface area contributed by atoms with Gasteiger partial charge in [-0.15, -0.1) is 0 Å². The van der Waals surface area contributed by atoms with Gasteiger partial charge in [0.1, 0.15) is 30.3 Å². The molecule has 158 valence electrons. The number of nitrogens with one attached hydrogen (secondary N) is 1. The van der Waals surface area contributed by atoms with Crippen LogP contribution < -0.4 is 14.8 Å². The fourth-order valence-electron chi connectivity index (χ4n) is 3.67. The highest BCUT2D eigenvalue weighted by Gasteiger charge is 2.16. The number of fused-ring (bicyclic) bond motifs is 1. The molecule has 0 saturated carbocycles. The standard InChI is InChI=1S/C22H25FN4O3/c1-14-18(28)6-5-16(23)21(14)26-22-15-11-19(29-2)20(12-17(15)24-13-25-22)30-10-9-27-7-3-4-8-27/h5-6,11-13,28H,3-4,7-10H2,1-2H3,(H,24,25,26). The summed E-state index contributed by atoms with van der Waals surface area (Å²) in [6.45, 7) is 5.30. The summed E-state index contributed by atoms with van der Waals surface area (Å²) in [4.78, 5) is 11.0. The van der Waals surface area contributed by atoms with E-state index in [1.165, 1.54) is 31.3 Å². The lowest BCUT2D eigenvalue weighted by molar-refractivity contribution is 0.230. The fourth-order valence-corrected chi connectivity index (χ4v) is 3.67. The number of hydrogen-bond donors (Lipinski definition) is 2. The van der Waals surface area contributed by atoms with Gasteiger partial charge in [0, 0.05) is 23.6 Å². The van der Waals surface area contributed by atoms with Gasteiger partial charge in [0.15, 0.2) is 11.5 Å². The quantitative estimate of drug-likeness (QED) is 0.607. The third-order valence-corrected chi connectivity index (χ3v) is 5.41. The van der Waals surface area contributed by atoms with Gasteiger partial charge in [-0.1, -0.05) is 0 Å². The van der Waals surface area contributed by atoms with E-state index in [2.05, 4.69) is 20.2 Å². The summed E-state index contributed by atoms with van der Waals surface area (Å²) in [6.07, 6.45) is 3.89. The van der Waals surface area contributed by atoms with Crippen LogP contribution in [0.15, 0.2) is 30.6 Å². The summed E-state index contributed by atoms with van der Waals surface area (Å²) in [5, 5.41) is 13.6. The molecule has 0 spiro atoms. The zero-order chi connectivity index (χ0) is 21.1. The number of ether oxygens (including phenoxy) is 2. The SMILES string of the molecule is COc1cc2c(Nc3c(F)ccc(O)c3C)ncnc2cc1OCCN1CCCC1. The van der Waals surface area contributed by atoms with Crippen molar-refractivity contribution in [2.24, 2.45) is 0 Å². The second-order valence-corrected chi connectivity index (χ2v) is 7.33. The van der Waals surface area contributed by atoms with E-state index in [0.29, 0.717) is 40.4 Å². The highest BCUT2D eigenvalue weighted by molar-refractivity contribution is 5.93. The molecule has 1 aliphatic heterocycles. The lowest BCUT2D eigenvalue weighted by Gasteiger charge is -2.17. The Kier molecular flexibility index (Phi) is 5.85. The van der Waals surface area contributed by atoms with Gasteiger partial charge in [-0.2, -0.15) is 0 Å². The van der Waals surface area contributed by atoms with Crippen molar-refractivity contribution in [3.63, 3.8) is 0 Å². The van der Waals surface area contributed by atoms with Crippen LogP contribution in [0.2, 0.25) is 0 Å². The molecule has 3 aromatic rings. The molecule has 4 rings (SSSR count). The third kappa shape index (κ3) is 4.09. The Labute approximate surface area is 174 Å². The topological polar surface area (TPSA) is 79.7 Å². The number of phenolic OH excluding ortho intramolecular Hbond substituents is 1. The summed E-state index contributed by atoms with van der Waals surface area (Å²) in [6, 6.07) is 6.11. The van der Waals surface area contributed by atoms with E-state index in [-0.39, 0.29) is 11.4 Å². The van der Waals surface area contributed by atoms with Crippen molar-refractivity contribution in [3.8, 4) is 17.2 Å². The Morgan fingerprint density at radius 2 is 1.97 bits per heavy atom. The van der Waals surface area contributed by atoms with Crippen LogP contribution in [0.25, 0.3) is 10.9 Å². The van der Waals surface area contributed by atoms with E-state index in [1.807, 2.05) is 0 Å². The van der Waals surface area contributed by atoms with Crippen LogP contribution in [-0.4, -0.2) is 53.3 Å². The van der Waals surface area contributed by atoms with E-state index in [4.69, 9.17) is 9.47 Å². The number of methoxy groups -OCH3 is 1. The van der Waals surface area contributed by atoms with Crippen LogP contribution >= 0.6 is 0 Å². The van der Waals surface area contributed by atoms with Gasteiger partial charge >= 0.3 is 0 Å². The lowest BCUT2D eigenvalue weighted by Crippen LogP contribution is -2.25. The summed E-state index contributed by atoms with van der Waals surface area (Å²) >= 11 is 0. The van der Waals surface area contributed by atoms with Crippen LogP contribution in [0.3, 0.4) is 0 Å². The molecule has 2 N–H and O–H groups in total. The molecule has 0 aliphatic carbocycles. The summed E-state index contributed by atoms with van der Waals surface area (Å²) < 4.78 is 25.8. The number of nitrogens with zero attached hydrogens (tertiary/aromatic N) is 3. The third-order valence-electron chi connectivity index (χ3n) is 5.41. The summed E-state index contributed by atoms with van der Waals surface area (Å²) in [5.74, 6) is 1.09. The van der Waals surface area contributed by atoms with E-state index >= 15 is 0 Å². The minimum atomic E-state index is -0.481. The van der Waals surface area contributed by atoms with Gasteiger partial charge in [0.25, 0.3) is 0 Å². The van der Waals surface area contributed by atoms with Crippen LogP contribution in [0.1, 0.15) is 18.4 Å². The first kappa shape index (κ1) is 20.2. The minimum absolute atomic E-state index is 0.00327. The van der Waals surface area contributed by atoms with E-state index in [1.54, 1.807) is 26.2 Å². The predicted molar refractivity (Wildman–Crippen MR) is 113 cm³/mol. The average molecular weight is 412 g/mol. The van der Waals surface area contributed by atoms with E-state index < -0.39 is 5.82 Å². The minimum Gasteiger partial charge on any atom is -0.508 e. The van der Waals surface area contributed by atoms with Crippen molar-refractivity contribution in [1.82, 2.24) is 14.9 Å². The Balaban J connectivity index is 1.62. The van der Waals surface area contributed by atoms with Crippen molar-refractivity contribution in [1.29, 1.82) is 0 Å². The smallest absolute Gasteiger partial charge is 0.163 e. The molecule has 1 saturated heterocycles. The lowest BCUT2D eigenvalue weighted by atomic mass is 10.1. The molecule has 0 atom stereocenters. The first-order valence-corrected chi connectivity index (χ1v) is 10.00. The average Bonchev–Trinajstić information content (AvgIpc) is 3.27. The predicted octanol–water partition coefficient (Wildman–Crippen LogP) is 4.01. The van der Waals surface area contributed by atoms with E-state index in [9.17, 15) is 9.50 Å². The second kappa shape index (κ2) is 8.71. The molecule has 0 unspecified atom stereocenters. The number of anilines is 2. The molecule has 0 amide bonds. The van der Waals surface area contributed by atoms with Crippen LogP contribution in [-0.2, 0) is 0 Å². The van der Waals surface area contributed by atoms with Crippen molar-refractivity contribution >= 4 is 22.4 Å². The first-order valence-electron chi connectivity index (χ1n) is 10.00. The molecule has 1 aliphatic rings. The monoisotopic (exact) mass is 412 g/mol. The first-order chi connectivity index (χ1) is 14.6. The molecule has 1 fully saturated rings. The molecule has 7 nitrogen and oxygen atoms in total. The molecule has 2 heterocycles. The Bertz CT molecular complexity index is 1050. The molecule has 1 aromatic heterocycles. The Morgan fingerprint density at radius 1 is 1.17 bits per heavy atom. The van der Waals surface area contributed by atoms with Gasteiger partial charge in [-0.25, -0.2) is 14.4 Å². The number of hydrogen-bond acceptors (Lipinski definition) is 7. The highest BCUT2D eigenvalue weighted by Crippen LogP contribution is 2.36. The van der Waals surface area contributed by atoms with Gasteiger partial charge in [-0.05, 0) is 51.1 Å². The van der Waals surface area contributed by atoms with Gasteiger partial charge in [-0.3, -0.25) is 4.90 Å². The van der Waals surface area contributed by atoms with Crippen LogP contribution in [0.4, 0.5) is 15.9 Å². The van der Waals surface area contributed by atoms with E-state index in [0.717, 1.165) is 19.6 Å².